The molecule has 2 rings (SSSR count). The Morgan fingerprint density at radius 1 is 1.39 bits per heavy atom. The summed E-state index contributed by atoms with van der Waals surface area (Å²) in [6.45, 7) is 5.38. The molecule has 1 aliphatic heterocycles. The molecule has 0 saturated carbocycles. The second-order valence-corrected chi connectivity index (χ2v) is 6.93. The average molecular weight is 322 g/mol. The Hall–Kier alpha value is -1.98. The Morgan fingerprint density at radius 2 is 2.13 bits per heavy atom. The van der Waals surface area contributed by atoms with E-state index in [0.717, 1.165) is 31.4 Å². The minimum atomic E-state index is -0.574. The first kappa shape index (κ1) is 17.4. The monoisotopic (exact) mass is 322 g/mol. The molecule has 0 spiro atoms. The lowest BCUT2D eigenvalue weighted by Crippen LogP contribution is -2.69. The van der Waals surface area contributed by atoms with Crippen molar-refractivity contribution in [1.29, 1.82) is 0 Å². The molecule has 1 saturated heterocycles. The van der Waals surface area contributed by atoms with Gasteiger partial charge in [0.15, 0.2) is 0 Å². The van der Waals surface area contributed by atoms with Crippen LogP contribution in [0.1, 0.15) is 46.5 Å². The maximum Gasteiger partial charge on any atom is 0.408 e. The number of hydrogen-bond acceptors (Lipinski definition) is 4. The zero-order chi connectivity index (χ0) is 17.0. The molecule has 0 radical (unpaired) electrons. The smallest absolute Gasteiger partial charge is 0.408 e. The molecule has 0 bridgehead atoms. The summed E-state index contributed by atoms with van der Waals surface area (Å²) in [4.78, 5) is 23.5. The molecular weight excluding hydrogens is 296 g/mol. The van der Waals surface area contributed by atoms with Gasteiger partial charge in [-0.3, -0.25) is 4.79 Å². The Balaban J connectivity index is 1.79. The van der Waals surface area contributed by atoms with E-state index in [1.54, 1.807) is 27.9 Å². The molecule has 2 N–H and O–H groups in total. The average Bonchev–Trinajstić information content (AvgIpc) is 2.47. The minimum absolute atomic E-state index is 0.0483. The molecule has 2 amide bonds. The summed E-state index contributed by atoms with van der Waals surface area (Å²) < 4.78 is 10.5. The minimum Gasteiger partial charge on any atom is -0.501 e. The third-order valence-corrected chi connectivity index (χ3v) is 3.88. The van der Waals surface area contributed by atoms with Crippen molar-refractivity contribution in [3.05, 3.63) is 23.5 Å². The van der Waals surface area contributed by atoms with Gasteiger partial charge in [-0.15, -0.1) is 0 Å². The van der Waals surface area contributed by atoms with Crippen LogP contribution in [-0.4, -0.2) is 36.8 Å². The van der Waals surface area contributed by atoms with Crippen LogP contribution in [0, 0.1) is 0 Å². The molecule has 0 aromatic rings. The number of rotatable bonds is 5. The Kier molecular flexibility index (Phi) is 5.34. The summed E-state index contributed by atoms with van der Waals surface area (Å²) >= 11 is 0. The van der Waals surface area contributed by atoms with Crippen LogP contribution in [0.3, 0.4) is 0 Å². The number of methoxy groups -OCH3 is 1. The van der Waals surface area contributed by atoms with Gasteiger partial charge in [0, 0.05) is 6.42 Å². The molecule has 6 heteroatoms. The quantitative estimate of drug-likeness (QED) is 0.602. The van der Waals surface area contributed by atoms with Crippen molar-refractivity contribution < 1.29 is 19.1 Å². The molecule has 1 fully saturated rings. The highest BCUT2D eigenvalue weighted by Crippen LogP contribution is 2.25. The molecule has 1 aliphatic carbocycles. The number of ether oxygens (including phenoxy) is 2. The number of alkyl carbamates (subject to hydrolysis) is 1. The second-order valence-electron chi connectivity index (χ2n) is 6.93. The fourth-order valence-electron chi connectivity index (χ4n) is 2.69. The van der Waals surface area contributed by atoms with Crippen molar-refractivity contribution in [2.24, 2.45) is 0 Å². The van der Waals surface area contributed by atoms with Crippen LogP contribution < -0.4 is 10.6 Å². The normalized spacial score (nSPS) is 23.9. The molecule has 0 aromatic carbocycles. The van der Waals surface area contributed by atoms with Gasteiger partial charge >= 0.3 is 6.09 Å². The number of carbonyl (C=O) groups excluding carboxylic acids is 2. The van der Waals surface area contributed by atoms with Crippen molar-refractivity contribution in [1.82, 2.24) is 10.6 Å². The van der Waals surface area contributed by atoms with E-state index < -0.39 is 17.7 Å². The summed E-state index contributed by atoms with van der Waals surface area (Å²) in [7, 11) is 1.68. The second kappa shape index (κ2) is 7.06. The Morgan fingerprint density at radius 3 is 2.74 bits per heavy atom. The van der Waals surface area contributed by atoms with Gasteiger partial charge in [0.2, 0.25) is 5.91 Å². The molecular formula is C17H26N2O4. The van der Waals surface area contributed by atoms with Crippen LogP contribution in [0.2, 0.25) is 0 Å². The SMILES string of the molecule is COC1=CCC=C(CCC2NC(=O)C2NC(=O)OC(C)(C)C)C1. The van der Waals surface area contributed by atoms with Crippen LogP contribution in [0.15, 0.2) is 23.5 Å². The summed E-state index contributed by atoms with van der Waals surface area (Å²) in [5.74, 6) is 0.833. The molecule has 23 heavy (non-hydrogen) atoms. The summed E-state index contributed by atoms with van der Waals surface area (Å²) in [6.07, 6.45) is 7.08. The first-order chi connectivity index (χ1) is 10.8. The summed E-state index contributed by atoms with van der Waals surface area (Å²) in [6, 6.07) is -0.556. The van der Waals surface area contributed by atoms with Crippen LogP contribution in [0.5, 0.6) is 0 Å². The molecule has 0 aromatic heterocycles. The van der Waals surface area contributed by atoms with Crippen LogP contribution in [0.25, 0.3) is 0 Å². The third-order valence-electron chi connectivity index (χ3n) is 3.88. The molecule has 2 atom stereocenters. The number of nitrogens with one attached hydrogen (secondary N) is 2. The van der Waals surface area contributed by atoms with Gasteiger partial charge in [0.05, 0.1) is 18.9 Å². The highest BCUT2D eigenvalue weighted by Gasteiger charge is 2.40. The fraction of sp³-hybridized carbons (Fsp3) is 0.647. The zero-order valence-electron chi connectivity index (χ0n) is 14.3. The van der Waals surface area contributed by atoms with E-state index >= 15 is 0 Å². The lowest BCUT2D eigenvalue weighted by molar-refractivity contribution is -0.131. The highest BCUT2D eigenvalue weighted by molar-refractivity contribution is 5.92. The number of β-lactam (4-membered cyclic amide) rings is 1. The van der Waals surface area contributed by atoms with Gasteiger partial charge in [-0.2, -0.15) is 0 Å². The van der Waals surface area contributed by atoms with Crippen molar-refractivity contribution in [3.8, 4) is 0 Å². The van der Waals surface area contributed by atoms with E-state index in [1.807, 2.05) is 0 Å². The van der Waals surface area contributed by atoms with Crippen molar-refractivity contribution in [2.75, 3.05) is 7.11 Å². The molecule has 6 nitrogen and oxygen atoms in total. The van der Waals surface area contributed by atoms with Crippen LogP contribution >= 0.6 is 0 Å². The molecule has 1 heterocycles. The predicted molar refractivity (Wildman–Crippen MR) is 86.7 cm³/mol. The number of carbonyl (C=O) groups is 2. The molecule has 2 unspecified atom stereocenters. The maximum absolute atomic E-state index is 11.8. The Bertz CT molecular complexity index is 531. The Labute approximate surface area is 137 Å². The zero-order valence-corrected chi connectivity index (χ0v) is 14.3. The fourth-order valence-corrected chi connectivity index (χ4v) is 2.69. The van der Waals surface area contributed by atoms with E-state index in [2.05, 4.69) is 22.8 Å². The van der Waals surface area contributed by atoms with Crippen molar-refractivity contribution >= 4 is 12.0 Å². The van der Waals surface area contributed by atoms with Gasteiger partial charge < -0.3 is 20.1 Å². The number of allylic oxidation sites excluding steroid dienone is 3. The molecule has 2 aliphatic rings. The van der Waals surface area contributed by atoms with Gasteiger partial charge in [0.25, 0.3) is 0 Å². The van der Waals surface area contributed by atoms with E-state index in [4.69, 9.17) is 9.47 Å². The predicted octanol–water partition coefficient (Wildman–Crippen LogP) is 2.41. The topological polar surface area (TPSA) is 76.7 Å². The highest BCUT2D eigenvalue weighted by atomic mass is 16.6. The number of amides is 2. The standard InChI is InChI=1S/C17H26N2O4/c1-17(2,3)23-16(21)19-14-13(18-15(14)20)9-8-11-6-5-7-12(10-11)22-4/h6-7,13-14H,5,8-10H2,1-4H3,(H,18,20)(H,19,21). The van der Waals surface area contributed by atoms with E-state index in [-0.39, 0.29) is 11.9 Å². The molecule has 128 valence electrons. The van der Waals surface area contributed by atoms with Gasteiger partial charge in [-0.1, -0.05) is 11.6 Å². The van der Waals surface area contributed by atoms with Crippen LogP contribution in [0.4, 0.5) is 4.79 Å². The van der Waals surface area contributed by atoms with Gasteiger partial charge in [0.1, 0.15) is 11.6 Å². The summed E-state index contributed by atoms with van der Waals surface area (Å²) in [5, 5.41) is 5.50. The first-order valence-corrected chi connectivity index (χ1v) is 7.99. The van der Waals surface area contributed by atoms with E-state index in [9.17, 15) is 9.59 Å². The van der Waals surface area contributed by atoms with Crippen LogP contribution in [-0.2, 0) is 14.3 Å². The van der Waals surface area contributed by atoms with E-state index in [0.29, 0.717) is 0 Å². The summed E-state index contributed by atoms with van der Waals surface area (Å²) in [5.41, 5.74) is 0.733. The largest absolute Gasteiger partial charge is 0.501 e. The maximum atomic E-state index is 11.8. The third kappa shape index (κ3) is 5.01. The van der Waals surface area contributed by atoms with Gasteiger partial charge in [-0.05, 0) is 46.1 Å². The lowest BCUT2D eigenvalue weighted by Gasteiger charge is -2.37. The van der Waals surface area contributed by atoms with Crippen molar-refractivity contribution in [2.45, 2.75) is 64.1 Å². The van der Waals surface area contributed by atoms with Gasteiger partial charge in [-0.25, -0.2) is 4.79 Å². The lowest BCUT2D eigenvalue weighted by atomic mass is 9.90. The number of hydrogen-bond donors (Lipinski definition) is 2. The first-order valence-electron chi connectivity index (χ1n) is 7.99. The van der Waals surface area contributed by atoms with E-state index in [1.165, 1.54) is 5.57 Å². The van der Waals surface area contributed by atoms with Crippen molar-refractivity contribution in [3.63, 3.8) is 0 Å².